The number of ether oxygens (including phenoxy) is 1. The largest absolute Gasteiger partial charge is 0.444 e. The summed E-state index contributed by atoms with van der Waals surface area (Å²) in [5.74, 6) is 0.417. The summed E-state index contributed by atoms with van der Waals surface area (Å²) in [5.41, 5.74) is 0.188. The molecule has 0 unspecified atom stereocenters. The van der Waals surface area contributed by atoms with Crippen LogP contribution in [0, 0.1) is 6.92 Å². The second-order valence-corrected chi connectivity index (χ2v) is 7.04. The first-order valence-corrected chi connectivity index (χ1v) is 7.66. The first-order chi connectivity index (χ1) is 10.7. The molecule has 3 rings (SSSR count). The maximum absolute atomic E-state index is 12.6. The van der Waals surface area contributed by atoms with E-state index in [1.54, 1.807) is 4.90 Å². The van der Waals surface area contributed by atoms with Gasteiger partial charge in [0.25, 0.3) is 0 Å². The molecule has 0 radical (unpaired) electrons. The van der Waals surface area contributed by atoms with Gasteiger partial charge in [-0.1, -0.05) is 18.2 Å². The van der Waals surface area contributed by atoms with Crippen LogP contribution in [0.25, 0.3) is 0 Å². The Labute approximate surface area is 135 Å². The maximum atomic E-state index is 12.6. The molecule has 0 saturated carbocycles. The Morgan fingerprint density at radius 3 is 2.83 bits per heavy atom. The second-order valence-electron chi connectivity index (χ2n) is 7.04. The molecule has 2 amide bonds. The Hall–Kier alpha value is -2.37. The van der Waals surface area contributed by atoms with Gasteiger partial charge in [-0.15, -0.1) is 0 Å². The fraction of sp³-hybridized carbons (Fsp3) is 0.471. The standard InChI is InChI=1S/C17H21N3O3/c1-11-6-7-12-13(18-11)19-14(21)17(12)8-5-9-20(10-17)15(22)23-16(2,3)4/h5-8H,9-10H2,1-4H3,(H,18,19,21)/t17-/m0/s1. The van der Waals surface area contributed by atoms with Crippen molar-refractivity contribution in [1.82, 2.24) is 9.88 Å². The lowest BCUT2D eigenvalue weighted by molar-refractivity contribution is -0.120. The summed E-state index contributed by atoms with van der Waals surface area (Å²) in [7, 11) is 0. The molecule has 1 aromatic heterocycles. The van der Waals surface area contributed by atoms with Crippen molar-refractivity contribution in [2.45, 2.75) is 38.7 Å². The zero-order valence-corrected chi connectivity index (χ0v) is 13.8. The van der Waals surface area contributed by atoms with E-state index in [4.69, 9.17) is 4.74 Å². The molecule has 1 spiro atoms. The van der Waals surface area contributed by atoms with Crippen LogP contribution in [0.1, 0.15) is 32.0 Å². The van der Waals surface area contributed by atoms with E-state index < -0.39 is 17.1 Å². The summed E-state index contributed by atoms with van der Waals surface area (Å²) in [6.07, 6.45) is 3.29. The van der Waals surface area contributed by atoms with Crippen LogP contribution < -0.4 is 5.32 Å². The minimum Gasteiger partial charge on any atom is -0.444 e. The topological polar surface area (TPSA) is 71.5 Å². The Morgan fingerprint density at radius 2 is 2.13 bits per heavy atom. The molecule has 0 fully saturated rings. The zero-order valence-electron chi connectivity index (χ0n) is 13.8. The highest BCUT2D eigenvalue weighted by molar-refractivity contribution is 6.07. The number of fused-ring (bicyclic) bond motifs is 2. The quantitative estimate of drug-likeness (QED) is 0.746. The van der Waals surface area contributed by atoms with Gasteiger partial charge in [-0.25, -0.2) is 9.78 Å². The number of hydrogen-bond donors (Lipinski definition) is 1. The lowest BCUT2D eigenvalue weighted by Crippen LogP contribution is -2.50. The van der Waals surface area contributed by atoms with E-state index in [-0.39, 0.29) is 12.5 Å². The predicted octanol–water partition coefficient (Wildman–Crippen LogP) is 2.39. The van der Waals surface area contributed by atoms with Gasteiger partial charge < -0.3 is 15.0 Å². The Morgan fingerprint density at radius 1 is 1.39 bits per heavy atom. The molecule has 23 heavy (non-hydrogen) atoms. The van der Waals surface area contributed by atoms with Crippen LogP contribution in [0.2, 0.25) is 0 Å². The fourth-order valence-corrected chi connectivity index (χ4v) is 2.94. The zero-order chi connectivity index (χ0) is 16.8. The third kappa shape index (κ3) is 2.69. The summed E-state index contributed by atoms with van der Waals surface area (Å²) in [4.78, 5) is 30.9. The third-order valence-electron chi connectivity index (χ3n) is 3.97. The maximum Gasteiger partial charge on any atom is 0.410 e. The number of nitrogens with one attached hydrogen (secondary N) is 1. The third-order valence-corrected chi connectivity index (χ3v) is 3.97. The number of hydrogen-bond acceptors (Lipinski definition) is 4. The average Bonchev–Trinajstić information content (AvgIpc) is 2.69. The molecule has 2 aliphatic heterocycles. The smallest absolute Gasteiger partial charge is 0.410 e. The van der Waals surface area contributed by atoms with E-state index in [9.17, 15) is 9.59 Å². The summed E-state index contributed by atoms with van der Waals surface area (Å²) in [6, 6.07) is 3.78. The molecule has 0 saturated heterocycles. The van der Waals surface area contributed by atoms with Crippen LogP contribution in [0.5, 0.6) is 0 Å². The molecule has 2 aliphatic rings. The minimum atomic E-state index is -0.884. The van der Waals surface area contributed by atoms with Gasteiger partial charge in [0.2, 0.25) is 5.91 Å². The number of carbonyl (C=O) groups is 2. The normalized spacial score (nSPS) is 23.0. The van der Waals surface area contributed by atoms with Gasteiger partial charge in [-0.3, -0.25) is 4.79 Å². The first-order valence-electron chi connectivity index (χ1n) is 7.66. The van der Waals surface area contributed by atoms with Gasteiger partial charge >= 0.3 is 6.09 Å². The number of aromatic nitrogens is 1. The predicted molar refractivity (Wildman–Crippen MR) is 86.2 cm³/mol. The molecule has 0 aromatic carbocycles. The average molecular weight is 315 g/mol. The van der Waals surface area contributed by atoms with Crippen LogP contribution in [-0.4, -0.2) is 40.6 Å². The molecule has 6 nitrogen and oxygen atoms in total. The number of anilines is 1. The molecule has 0 aliphatic carbocycles. The number of pyridine rings is 1. The SMILES string of the molecule is Cc1ccc2c(n1)NC(=O)[C@]21C=CCN(C(=O)OC(C)(C)C)C1. The van der Waals surface area contributed by atoms with Crippen molar-refractivity contribution in [3.05, 3.63) is 35.5 Å². The van der Waals surface area contributed by atoms with E-state index in [1.807, 2.05) is 52.0 Å². The van der Waals surface area contributed by atoms with E-state index >= 15 is 0 Å². The van der Waals surface area contributed by atoms with Crippen molar-refractivity contribution in [3.63, 3.8) is 0 Å². The van der Waals surface area contributed by atoms with Crippen molar-refractivity contribution < 1.29 is 14.3 Å². The van der Waals surface area contributed by atoms with Crippen molar-refractivity contribution >= 4 is 17.8 Å². The Bertz CT molecular complexity index is 706. The molecular weight excluding hydrogens is 294 g/mol. The van der Waals surface area contributed by atoms with Crippen molar-refractivity contribution in [3.8, 4) is 0 Å². The Balaban J connectivity index is 1.92. The number of rotatable bonds is 0. The number of carbonyl (C=O) groups excluding carboxylic acids is 2. The van der Waals surface area contributed by atoms with Crippen LogP contribution in [0.15, 0.2) is 24.3 Å². The van der Waals surface area contributed by atoms with E-state index in [0.717, 1.165) is 11.3 Å². The lowest BCUT2D eigenvalue weighted by atomic mass is 9.79. The van der Waals surface area contributed by atoms with E-state index in [2.05, 4.69) is 10.3 Å². The Kier molecular flexibility index (Phi) is 3.43. The molecule has 3 heterocycles. The molecule has 0 bridgehead atoms. The first kappa shape index (κ1) is 15.5. The van der Waals surface area contributed by atoms with Crippen molar-refractivity contribution in [1.29, 1.82) is 0 Å². The van der Waals surface area contributed by atoms with E-state index in [0.29, 0.717) is 12.4 Å². The number of aryl methyl sites for hydroxylation is 1. The van der Waals surface area contributed by atoms with Gasteiger partial charge in [-0.05, 0) is 33.8 Å². The molecule has 1 aromatic rings. The number of amides is 2. The summed E-state index contributed by atoms with van der Waals surface area (Å²) >= 11 is 0. The lowest BCUT2D eigenvalue weighted by Gasteiger charge is -2.35. The van der Waals surface area contributed by atoms with Crippen molar-refractivity contribution in [2.24, 2.45) is 0 Å². The molecule has 1 atom stereocenters. The highest BCUT2D eigenvalue weighted by atomic mass is 16.6. The molecule has 122 valence electrons. The highest BCUT2D eigenvalue weighted by Gasteiger charge is 2.49. The van der Waals surface area contributed by atoms with Gasteiger partial charge in [-0.2, -0.15) is 0 Å². The van der Waals surface area contributed by atoms with Gasteiger partial charge in [0.15, 0.2) is 0 Å². The molecule has 1 N–H and O–H groups in total. The van der Waals surface area contributed by atoms with E-state index in [1.165, 1.54) is 0 Å². The van der Waals surface area contributed by atoms with Crippen LogP contribution in [-0.2, 0) is 14.9 Å². The van der Waals surface area contributed by atoms with Crippen molar-refractivity contribution in [2.75, 3.05) is 18.4 Å². The van der Waals surface area contributed by atoms with Gasteiger partial charge in [0.1, 0.15) is 16.8 Å². The molecular formula is C17H21N3O3. The molecule has 6 heteroatoms. The van der Waals surface area contributed by atoms with Gasteiger partial charge in [0.05, 0.1) is 0 Å². The summed E-state index contributed by atoms with van der Waals surface area (Å²) < 4.78 is 5.43. The summed E-state index contributed by atoms with van der Waals surface area (Å²) in [5, 5.41) is 2.83. The van der Waals surface area contributed by atoms with Crippen LogP contribution >= 0.6 is 0 Å². The van der Waals surface area contributed by atoms with Crippen LogP contribution in [0.4, 0.5) is 10.6 Å². The van der Waals surface area contributed by atoms with Crippen LogP contribution in [0.3, 0.4) is 0 Å². The van der Waals surface area contributed by atoms with Gasteiger partial charge in [0, 0.05) is 24.3 Å². The summed E-state index contributed by atoms with van der Waals surface area (Å²) in [6.45, 7) is 8.03. The number of nitrogens with zero attached hydrogens (tertiary/aromatic N) is 2. The minimum absolute atomic E-state index is 0.157. The fourth-order valence-electron chi connectivity index (χ4n) is 2.94. The second kappa shape index (κ2) is 5.08. The monoisotopic (exact) mass is 315 g/mol. The highest BCUT2D eigenvalue weighted by Crippen LogP contribution is 2.40.